The lowest BCUT2D eigenvalue weighted by atomic mass is 10.2. The van der Waals surface area contributed by atoms with Crippen LogP contribution in [0.3, 0.4) is 0 Å². The summed E-state index contributed by atoms with van der Waals surface area (Å²) in [4.78, 5) is 35.5. The maximum absolute atomic E-state index is 11.8. The van der Waals surface area contributed by atoms with Crippen molar-refractivity contribution in [1.82, 2.24) is 10.2 Å². The molecule has 7 heteroatoms. The summed E-state index contributed by atoms with van der Waals surface area (Å²) < 4.78 is 9.48. The zero-order valence-electron chi connectivity index (χ0n) is 12.3. The van der Waals surface area contributed by atoms with Crippen LogP contribution in [0, 0.1) is 0 Å². The standard InChI is InChI=1S/C12H22N2O5/c1-8(13-11(17)19-12(2,3)4)10(16)14(5)7-9(15)18-6/h8H,7H2,1-6H3,(H,13,17)/t8-/m0/s1. The summed E-state index contributed by atoms with van der Waals surface area (Å²) in [5.41, 5.74) is -0.634. The fourth-order valence-corrected chi connectivity index (χ4v) is 1.21. The van der Waals surface area contributed by atoms with Crippen molar-refractivity contribution >= 4 is 18.0 Å². The van der Waals surface area contributed by atoms with Crippen LogP contribution in [0.4, 0.5) is 4.79 Å². The lowest BCUT2D eigenvalue weighted by Gasteiger charge is -2.24. The largest absolute Gasteiger partial charge is 0.468 e. The second-order valence-electron chi connectivity index (χ2n) is 5.14. The van der Waals surface area contributed by atoms with Crippen LogP contribution >= 0.6 is 0 Å². The van der Waals surface area contributed by atoms with Crippen molar-refractivity contribution in [2.45, 2.75) is 39.3 Å². The predicted octanol–water partition coefficient (Wildman–Crippen LogP) is 0.531. The Morgan fingerprint density at radius 2 is 1.79 bits per heavy atom. The van der Waals surface area contributed by atoms with Crippen molar-refractivity contribution in [3.63, 3.8) is 0 Å². The van der Waals surface area contributed by atoms with Crippen LogP contribution in [0.1, 0.15) is 27.7 Å². The van der Waals surface area contributed by atoms with E-state index in [1.807, 2.05) is 0 Å². The van der Waals surface area contributed by atoms with Crippen molar-refractivity contribution in [2.24, 2.45) is 0 Å². The van der Waals surface area contributed by atoms with Crippen LogP contribution in [0.15, 0.2) is 0 Å². The highest BCUT2D eigenvalue weighted by atomic mass is 16.6. The number of nitrogens with zero attached hydrogens (tertiary/aromatic N) is 1. The summed E-state index contributed by atoms with van der Waals surface area (Å²) in [6.07, 6.45) is -0.681. The zero-order valence-corrected chi connectivity index (χ0v) is 12.3. The number of alkyl carbamates (subject to hydrolysis) is 1. The zero-order chi connectivity index (χ0) is 15.2. The van der Waals surface area contributed by atoms with Gasteiger partial charge in [-0.1, -0.05) is 0 Å². The van der Waals surface area contributed by atoms with Gasteiger partial charge in [0, 0.05) is 7.05 Å². The Balaban J connectivity index is 4.34. The van der Waals surface area contributed by atoms with Gasteiger partial charge in [-0.05, 0) is 27.7 Å². The molecule has 0 fully saturated rings. The molecule has 1 atom stereocenters. The van der Waals surface area contributed by atoms with Gasteiger partial charge in [0.05, 0.1) is 7.11 Å². The first kappa shape index (κ1) is 17.2. The molecular formula is C12H22N2O5. The van der Waals surface area contributed by atoms with Crippen LogP contribution in [0.25, 0.3) is 0 Å². The molecule has 0 saturated carbocycles. The third kappa shape index (κ3) is 7.28. The summed E-state index contributed by atoms with van der Waals surface area (Å²) >= 11 is 0. The van der Waals surface area contributed by atoms with E-state index >= 15 is 0 Å². The number of carbonyl (C=O) groups is 3. The van der Waals surface area contributed by atoms with Gasteiger partial charge in [0.15, 0.2) is 0 Å². The van der Waals surface area contributed by atoms with Crippen molar-refractivity contribution in [3.8, 4) is 0 Å². The number of carbonyl (C=O) groups excluding carboxylic acids is 3. The molecule has 0 bridgehead atoms. The van der Waals surface area contributed by atoms with Gasteiger partial charge in [0.25, 0.3) is 0 Å². The normalized spacial score (nSPS) is 12.3. The second-order valence-corrected chi connectivity index (χ2v) is 5.14. The highest BCUT2D eigenvalue weighted by Crippen LogP contribution is 2.07. The first-order valence-corrected chi connectivity index (χ1v) is 5.88. The Morgan fingerprint density at radius 1 is 1.26 bits per heavy atom. The molecule has 0 aliphatic carbocycles. The van der Waals surface area contributed by atoms with Crippen molar-refractivity contribution in [2.75, 3.05) is 20.7 Å². The van der Waals surface area contributed by atoms with Gasteiger partial charge in [0.2, 0.25) is 5.91 Å². The Bertz CT molecular complexity index is 349. The van der Waals surface area contributed by atoms with Crippen molar-refractivity contribution < 1.29 is 23.9 Å². The van der Waals surface area contributed by atoms with Crippen LogP contribution in [-0.2, 0) is 19.1 Å². The van der Waals surface area contributed by atoms with Gasteiger partial charge in [-0.3, -0.25) is 9.59 Å². The molecule has 0 aromatic carbocycles. The molecule has 0 rings (SSSR count). The minimum Gasteiger partial charge on any atom is -0.468 e. The second kappa shape index (κ2) is 6.96. The van der Waals surface area contributed by atoms with Gasteiger partial charge in [0.1, 0.15) is 18.2 Å². The number of esters is 1. The maximum Gasteiger partial charge on any atom is 0.408 e. The van der Waals surface area contributed by atoms with E-state index in [0.29, 0.717) is 0 Å². The van der Waals surface area contributed by atoms with E-state index in [0.717, 1.165) is 0 Å². The van der Waals surface area contributed by atoms with E-state index in [1.54, 1.807) is 20.8 Å². The number of hydrogen-bond acceptors (Lipinski definition) is 5. The highest BCUT2D eigenvalue weighted by molar-refractivity contribution is 5.87. The first-order chi connectivity index (χ1) is 8.56. The van der Waals surface area contributed by atoms with Gasteiger partial charge >= 0.3 is 12.1 Å². The van der Waals surface area contributed by atoms with Crippen LogP contribution < -0.4 is 5.32 Å². The molecule has 0 heterocycles. The van der Waals surface area contributed by atoms with Crippen molar-refractivity contribution in [3.05, 3.63) is 0 Å². The third-order valence-corrected chi connectivity index (χ3v) is 2.07. The summed E-state index contributed by atoms with van der Waals surface area (Å²) in [6, 6.07) is -0.787. The first-order valence-electron chi connectivity index (χ1n) is 5.88. The Labute approximate surface area is 113 Å². The molecule has 2 amide bonds. The molecule has 110 valence electrons. The molecule has 1 N–H and O–H groups in total. The van der Waals surface area contributed by atoms with E-state index < -0.39 is 29.6 Å². The molecule has 0 saturated heterocycles. The SMILES string of the molecule is COC(=O)CN(C)C(=O)[C@H](C)NC(=O)OC(C)(C)C. The number of likely N-dealkylation sites (N-methyl/N-ethyl adjacent to an activating group) is 1. The summed E-state index contributed by atoms with van der Waals surface area (Å²) in [7, 11) is 2.69. The lowest BCUT2D eigenvalue weighted by molar-refractivity contribution is -0.146. The molecule has 0 spiro atoms. The Kier molecular flexibility index (Phi) is 6.31. The summed E-state index contributed by atoms with van der Waals surface area (Å²) in [5.74, 6) is -0.934. The number of hydrogen-bond donors (Lipinski definition) is 1. The minimum absolute atomic E-state index is 0.171. The molecular weight excluding hydrogens is 252 g/mol. The molecule has 0 aromatic rings. The average Bonchev–Trinajstić information content (AvgIpc) is 2.24. The van der Waals surface area contributed by atoms with Crippen LogP contribution in [-0.4, -0.2) is 55.2 Å². The highest BCUT2D eigenvalue weighted by Gasteiger charge is 2.24. The van der Waals surface area contributed by atoms with Gasteiger partial charge in [-0.2, -0.15) is 0 Å². The smallest absolute Gasteiger partial charge is 0.408 e. The van der Waals surface area contributed by atoms with Crippen molar-refractivity contribution in [1.29, 1.82) is 0 Å². The quantitative estimate of drug-likeness (QED) is 0.756. The molecule has 0 radical (unpaired) electrons. The van der Waals surface area contributed by atoms with E-state index in [-0.39, 0.29) is 6.54 Å². The number of nitrogens with one attached hydrogen (secondary N) is 1. The molecule has 7 nitrogen and oxygen atoms in total. The lowest BCUT2D eigenvalue weighted by Crippen LogP contribution is -2.48. The van der Waals surface area contributed by atoms with E-state index in [1.165, 1.54) is 26.0 Å². The molecule has 19 heavy (non-hydrogen) atoms. The molecule has 0 aliphatic heterocycles. The van der Waals surface area contributed by atoms with Gasteiger partial charge in [-0.15, -0.1) is 0 Å². The van der Waals surface area contributed by atoms with Gasteiger partial charge in [-0.25, -0.2) is 4.79 Å². The topological polar surface area (TPSA) is 84.9 Å². The summed E-state index contributed by atoms with van der Waals surface area (Å²) in [6.45, 7) is 6.52. The summed E-state index contributed by atoms with van der Waals surface area (Å²) in [5, 5.41) is 2.40. The number of rotatable bonds is 4. The average molecular weight is 274 g/mol. The molecule has 0 aromatic heterocycles. The maximum atomic E-state index is 11.8. The van der Waals surface area contributed by atoms with Gasteiger partial charge < -0.3 is 19.7 Å². The van der Waals surface area contributed by atoms with E-state index in [4.69, 9.17) is 4.74 Å². The Morgan fingerprint density at radius 3 is 2.21 bits per heavy atom. The predicted molar refractivity (Wildman–Crippen MR) is 68.5 cm³/mol. The molecule has 0 aliphatic rings. The van der Waals surface area contributed by atoms with Crippen LogP contribution in [0.5, 0.6) is 0 Å². The number of ether oxygens (including phenoxy) is 2. The Hall–Kier alpha value is -1.79. The monoisotopic (exact) mass is 274 g/mol. The minimum atomic E-state index is -0.787. The van der Waals surface area contributed by atoms with E-state index in [2.05, 4.69) is 10.1 Å². The fraction of sp³-hybridized carbons (Fsp3) is 0.750. The van der Waals surface area contributed by atoms with Crippen LogP contribution in [0.2, 0.25) is 0 Å². The fourth-order valence-electron chi connectivity index (χ4n) is 1.21. The number of amides is 2. The van der Waals surface area contributed by atoms with E-state index in [9.17, 15) is 14.4 Å². The third-order valence-electron chi connectivity index (χ3n) is 2.07. The molecule has 0 unspecified atom stereocenters. The number of methoxy groups -OCH3 is 1.